The van der Waals surface area contributed by atoms with Crippen LogP contribution in [-0.2, 0) is 17.6 Å². The van der Waals surface area contributed by atoms with E-state index >= 15 is 0 Å². The molecular formula is C23H22ClN3O2. The van der Waals surface area contributed by atoms with Crippen molar-refractivity contribution >= 4 is 39.8 Å². The fourth-order valence-corrected chi connectivity index (χ4v) is 4.51. The number of pyridine rings is 1. The number of morpholine rings is 1. The van der Waals surface area contributed by atoms with Gasteiger partial charge in [-0.3, -0.25) is 9.78 Å². The van der Waals surface area contributed by atoms with Crippen LogP contribution >= 0.6 is 11.6 Å². The lowest BCUT2D eigenvalue weighted by molar-refractivity contribution is 0.102. The number of ether oxygens (including phenoxy) is 1. The average molecular weight is 408 g/mol. The number of carbonyl (C=O) groups excluding carboxylic acids is 1. The number of nitrogens with zero attached hydrogens (tertiary/aromatic N) is 2. The Morgan fingerprint density at radius 3 is 2.79 bits per heavy atom. The number of amides is 1. The Balaban J connectivity index is 1.56. The summed E-state index contributed by atoms with van der Waals surface area (Å²) in [5.74, 6) is -0.0986. The molecule has 0 bridgehead atoms. The summed E-state index contributed by atoms with van der Waals surface area (Å²) in [5, 5.41) is 4.60. The maximum absolute atomic E-state index is 13.5. The predicted molar refractivity (Wildman–Crippen MR) is 116 cm³/mol. The zero-order chi connectivity index (χ0) is 19.8. The molecule has 5 nitrogen and oxygen atoms in total. The third-order valence-corrected chi connectivity index (χ3v) is 5.94. The molecule has 0 unspecified atom stereocenters. The molecule has 1 aliphatic heterocycles. The predicted octanol–water partition coefficient (Wildman–Crippen LogP) is 4.47. The Morgan fingerprint density at radius 2 is 1.93 bits per heavy atom. The smallest absolute Gasteiger partial charge is 0.256 e. The molecule has 3 aromatic rings. The topological polar surface area (TPSA) is 54.5 Å². The van der Waals surface area contributed by atoms with Crippen LogP contribution in [-0.4, -0.2) is 37.2 Å². The molecular weight excluding hydrogens is 386 g/mol. The largest absolute Gasteiger partial charge is 0.378 e. The molecule has 29 heavy (non-hydrogen) atoms. The second-order valence-electron chi connectivity index (χ2n) is 7.50. The van der Waals surface area contributed by atoms with Gasteiger partial charge in [-0.1, -0.05) is 23.7 Å². The molecule has 0 spiro atoms. The number of anilines is 2. The summed E-state index contributed by atoms with van der Waals surface area (Å²) in [6, 6.07) is 13.5. The van der Waals surface area contributed by atoms with Crippen molar-refractivity contribution in [1.29, 1.82) is 0 Å². The number of fused-ring (bicyclic) bond motifs is 2. The number of benzene rings is 2. The molecule has 1 saturated heterocycles. The summed E-state index contributed by atoms with van der Waals surface area (Å²) in [4.78, 5) is 20.5. The summed E-state index contributed by atoms with van der Waals surface area (Å²) < 4.78 is 5.47. The van der Waals surface area contributed by atoms with Crippen LogP contribution in [0.5, 0.6) is 0 Å². The fraction of sp³-hybridized carbons (Fsp3) is 0.304. The van der Waals surface area contributed by atoms with Gasteiger partial charge in [0.25, 0.3) is 5.91 Å². The van der Waals surface area contributed by atoms with Crippen molar-refractivity contribution in [3.63, 3.8) is 0 Å². The van der Waals surface area contributed by atoms with E-state index in [4.69, 9.17) is 21.3 Å². The molecule has 1 amide bonds. The highest BCUT2D eigenvalue weighted by atomic mass is 35.5. The van der Waals surface area contributed by atoms with Crippen molar-refractivity contribution in [3.8, 4) is 0 Å². The molecule has 148 valence electrons. The first-order valence-electron chi connectivity index (χ1n) is 10.0. The Labute approximate surface area is 174 Å². The molecule has 1 fully saturated rings. The highest BCUT2D eigenvalue weighted by Gasteiger charge is 2.25. The number of aromatic nitrogens is 1. The van der Waals surface area contributed by atoms with Gasteiger partial charge in [0.05, 0.1) is 35.7 Å². The number of halogens is 1. The summed E-state index contributed by atoms with van der Waals surface area (Å²) in [5.41, 5.74) is 5.46. The Morgan fingerprint density at radius 1 is 1.10 bits per heavy atom. The van der Waals surface area contributed by atoms with E-state index in [9.17, 15) is 4.79 Å². The van der Waals surface area contributed by atoms with Crippen LogP contribution in [0.25, 0.3) is 10.9 Å². The lowest BCUT2D eigenvalue weighted by atomic mass is 10.0. The van der Waals surface area contributed by atoms with Gasteiger partial charge in [0.2, 0.25) is 0 Å². The van der Waals surface area contributed by atoms with Crippen molar-refractivity contribution < 1.29 is 9.53 Å². The van der Waals surface area contributed by atoms with E-state index in [-0.39, 0.29) is 5.91 Å². The lowest BCUT2D eigenvalue weighted by Gasteiger charge is -2.30. The second-order valence-corrected chi connectivity index (χ2v) is 7.93. The van der Waals surface area contributed by atoms with Crippen LogP contribution in [0.1, 0.15) is 28.0 Å². The SMILES string of the molecule is O=C(Nc1ccccc1N1CCOCC1)c1c2c(nc3ccc(Cl)cc13)CCC2. The number of hydrogen-bond donors (Lipinski definition) is 1. The monoisotopic (exact) mass is 407 g/mol. The van der Waals surface area contributed by atoms with Crippen molar-refractivity contribution in [1.82, 2.24) is 4.98 Å². The summed E-state index contributed by atoms with van der Waals surface area (Å²) in [6.45, 7) is 3.03. The second kappa shape index (κ2) is 7.65. The maximum atomic E-state index is 13.5. The molecule has 2 aromatic carbocycles. The number of carbonyl (C=O) groups is 1. The van der Waals surface area contributed by atoms with Crippen LogP contribution in [0.4, 0.5) is 11.4 Å². The Hall–Kier alpha value is -2.63. The van der Waals surface area contributed by atoms with E-state index in [1.54, 1.807) is 0 Å². The molecule has 6 heteroatoms. The number of nitrogens with one attached hydrogen (secondary N) is 1. The van der Waals surface area contributed by atoms with Gasteiger partial charge in [0.1, 0.15) is 0 Å². The first-order chi connectivity index (χ1) is 14.2. The van der Waals surface area contributed by atoms with Crippen molar-refractivity contribution in [2.75, 3.05) is 36.5 Å². The molecule has 2 aliphatic rings. The van der Waals surface area contributed by atoms with Crippen molar-refractivity contribution in [3.05, 3.63) is 64.3 Å². The highest BCUT2D eigenvalue weighted by Crippen LogP contribution is 2.33. The van der Waals surface area contributed by atoms with Gasteiger partial charge in [0.15, 0.2) is 0 Å². The summed E-state index contributed by atoms with van der Waals surface area (Å²) in [6.07, 6.45) is 2.81. The van der Waals surface area contributed by atoms with Crippen LogP contribution < -0.4 is 10.2 Å². The van der Waals surface area contributed by atoms with Gasteiger partial charge >= 0.3 is 0 Å². The zero-order valence-electron chi connectivity index (χ0n) is 16.1. The number of hydrogen-bond acceptors (Lipinski definition) is 4. The third-order valence-electron chi connectivity index (χ3n) is 5.70. The quantitative estimate of drug-likeness (QED) is 0.696. The normalized spacial score (nSPS) is 16.1. The van der Waals surface area contributed by atoms with Gasteiger partial charge in [0, 0.05) is 29.2 Å². The summed E-state index contributed by atoms with van der Waals surface area (Å²) >= 11 is 6.26. The van der Waals surface area contributed by atoms with Crippen molar-refractivity contribution in [2.45, 2.75) is 19.3 Å². The fourth-order valence-electron chi connectivity index (χ4n) is 4.34. The van der Waals surface area contributed by atoms with Crippen LogP contribution in [0.15, 0.2) is 42.5 Å². The van der Waals surface area contributed by atoms with E-state index in [0.717, 1.165) is 65.9 Å². The molecule has 1 N–H and O–H groups in total. The summed E-state index contributed by atoms with van der Waals surface area (Å²) in [7, 11) is 0. The Kier molecular flexibility index (Phi) is 4.86. The molecule has 0 radical (unpaired) electrons. The zero-order valence-corrected chi connectivity index (χ0v) is 16.8. The van der Waals surface area contributed by atoms with Gasteiger partial charge in [-0.2, -0.15) is 0 Å². The average Bonchev–Trinajstić information content (AvgIpc) is 3.21. The highest BCUT2D eigenvalue weighted by molar-refractivity contribution is 6.31. The maximum Gasteiger partial charge on any atom is 0.256 e. The van der Waals surface area contributed by atoms with E-state index in [1.807, 2.05) is 42.5 Å². The standard InChI is InChI=1S/C23H22ClN3O2/c24-15-8-9-19-17(14-15)22(16-4-3-6-18(16)25-19)23(28)26-20-5-1-2-7-21(20)27-10-12-29-13-11-27/h1-2,5,7-9,14H,3-4,6,10-13H2,(H,26,28). The number of rotatable bonds is 3. The van der Waals surface area contributed by atoms with Crippen molar-refractivity contribution in [2.24, 2.45) is 0 Å². The van der Waals surface area contributed by atoms with Crippen LogP contribution in [0.2, 0.25) is 5.02 Å². The number of aryl methyl sites for hydroxylation is 1. The van der Waals surface area contributed by atoms with E-state index in [2.05, 4.69) is 10.2 Å². The van der Waals surface area contributed by atoms with E-state index in [0.29, 0.717) is 23.8 Å². The van der Waals surface area contributed by atoms with Gasteiger partial charge in [-0.25, -0.2) is 0 Å². The lowest BCUT2D eigenvalue weighted by Crippen LogP contribution is -2.36. The first kappa shape index (κ1) is 18.4. The molecule has 1 aliphatic carbocycles. The molecule has 1 aromatic heterocycles. The van der Waals surface area contributed by atoms with Crippen LogP contribution in [0.3, 0.4) is 0 Å². The minimum Gasteiger partial charge on any atom is -0.378 e. The third kappa shape index (κ3) is 3.45. The van der Waals surface area contributed by atoms with E-state index in [1.165, 1.54) is 0 Å². The molecule has 0 atom stereocenters. The Bertz CT molecular complexity index is 1090. The van der Waals surface area contributed by atoms with Gasteiger partial charge in [-0.05, 0) is 55.2 Å². The molecule has 0 saturated carbocycles. The van der Waals surface area contributed by atoms with Gasteiger partial charge in [-0.15, -0.1) is 0 Å². The molecule has 2 heterocycles. The minimum atomic E-state index is -0.0986. The number of para-hydroxylation sites is 2. The first-order valence-corrected chi connectivity index (χ1v) is 10.4. The minimum absolute atomic E-state index is 0.0986. The molecule has 5 rings (SSSR count). The van der Waals surface area contributed by atoms with Crippen LogP contribution in [0, 0.1) is 0 Å². The van der Waals surface area contributed by atoms with Gasteiger partial charge < -0.3 is 15.0 Å². The van der Waals surface area contributed by atoms with E-state index < -0.39 is 0 Å².